The standard InChI is InChI=1S/C40H59N7O11/c1-23(2)33(36(55)45-27(10-9-19-42-38(41)57)34(53)43-26-13-11-25(12-14-26)21-58-37(56)24(3)4)46-35(54)28(15-18-32(51)52)44-29(48)20-39(5,6)22-40(7,8)47-30(49)16-17-31(47)50/h11-14,16-17,23-24,27-28,33H,9-10,15,18-22H2,1-8H3,(H,43,53)(H,44,48)(H,45,55)(H,46,54)(H,51,52)(H3,41,42,57)/t27-,28-,33-/m0/s1. The summed E-state index contributed by atoms with van der Waals surface area (Å²) in [5.41, 5.74) is 4.48. The number of hydrogen-bond acceptors (Lipinski definition) is 10. The van der Waals surface area contributed by atoms with Gasteiger partial charge < -0.3 is 42.2 Å². The Bertz CT molecular complexity index is 1700. The molecule has 0 saturated carbocycles. The predicted octanol–water partition coefficient (Wildman–Crippen LogP) is 2.26. The summed E-state index contributed by atoms with van der Waals surface area (Å²) in [6.07, 6.45) is 1.94. The van der Waals surface area contributed by atoms with E-state index in [1.54, 1.807) is 79.7 Å². The molecule has 1 heterocycles. The lowest BCUT2D eigenvalue weighted by molar-refractivity contribution is -0.149. The quantitative estimate of drug-likeness (QED) is 0.0478. The Hall–Kier alpha value is -5.81. The van der Waals surface area contributed by atoms with Crippen LogP contribution in [0.1, 0.15) is 99.5 Å². The van der Waals surface area contributed by atoms with E-state index in [1.165, 1.54) is 12.2 Å². The van der Waals surface area contributed by atoms with E-state index in [1.807, 2.05) is 0 Å². The van der Waals surface area contributed by atoms with Crippen molar-refractivity contribution in [1.29, 1.82) is 0 Å². The Morgan fingerprint density at radius 2 is 1.40 bits per heavy atom. The number of imide groups is 1. The summed E-state index contributed by atoms with van der Waals surface area (Å²) in [7, 11) is 0. The molecule has 1 aliphatic rings. The molecule has 320 valence electrons. The number of carbonyl (C=O) groups is 9. The van der Waals surface area contributed by atoms with Crippen molar-refractivity contribution in [2.24, 2.45) is 23.0 Å². The van der Waals surface area contributed by atoms with Gasteiger partial charge in [-0.3, -0.25) is 43.3 Å². The van der Waals surface area contributed by atoms with Crippen LogP contribution < -0.4 is 32.3 Å². The van der Waals surface area contributed by atoms with Crippen LogP contribution in [0.2, 0.25) is 0 Å². The fraction of sp³-hybridized carbons (Fsp3) is 0.575. The van der Waals surface area contributed by atoms with E-state index in [2.05, 4.69) is 26.6 Å². The number of nitrogens with zero attached hydrogens (tertiary/aromatic N) is 1. The third kappa shape index (κ3) is 16.0. The number of primary amides is 1. The maximum Gasteiger partial charge on any atom is 0.312 e. The number of urea groups is 1. The van der Waals surface area contributed by atoms with Gasteiger partial charge in [0.25, 0.3) is 11.8 Å². The maximum absolute atomic E-state index is 13.8. The number of amides is 8. The van der Waals surface area contributed by atoms with Crippen LogP contribution in [-0.2, 0) is 49.7 Å². The molecule has 8 amide bonds. The van der Waals surface area contributed by atoms with E-state index >= 15 is 0 Å². The lowest BCUT2D eigenvalue weighted by Gasteiger charge is -2.40. The van der Waals surface area contributed by atoms with Gasteiger partial charge in [0.15, 0.2) is 0 Å². The number of anilines is 1. The summed E-state index contributed by atoms with van der Waals surface area (Å²) in [5, 5.41) is 22.4. The highest BCUT2D eigenvalue weighted by Crippen LogP contribution is 2.36. The van der Waals surface area contributed by atoms with E-state index in [-0.39, 0.29) is 57.1 Å². The van der Waals surface area contributed by atoms with Crippen LogP contribution >= 0.6 is 0 Å². The molecule has 0 spiro atoms. The molecule has 1 aliphatic heterocycles. The van der Waals surface area contributed by atoms with Gasteiger partial charge in [-0.25, -0.2) is 4.79 Å². The van der Waals surface area contributed by atoms with Crippen LogP contribution in [-0.4, -0.2) is 93.6 Å². The summed E-state index contributed by atoms with van der Waals surface area (Å²) in [5.74, 6) is -6.10. The SMILES string of the molecule is CC(C)C(=O)OCc1ccc(NC(=O)[C@H](CCCNC(N)=O)NC(=O)[C@@H](NC(=O)[C@H](CCC(=O)O)NC(=O)CC(C)(C)CC(C)(C)N2C(=O)C=CC2=O)C(C)C)cc1. The first-order chi connectivity index (χ1) is 26.9. The summed E-state index contributed by atoms with van der Waals surface area (Å²) < 4.78 is 5.24. The maximum atomic E-state index is 13.8. The Morgan fingerprint density at radius 3 is 1.93 bits per heavy atom. The zero-order valence-corrected chi connectivity index (χ0v) is 34.6. The van der Waals surface area contributed by atoms with Crippen molar-refractivity contribution in [3.05, 3.63) is 42.0 Å². The van der Waals surface area contributed by atoms with Gasteiger partial charge in [-0.15, -0.1) is 0 Å². The Labute approximate surface area is 338 Å². The molecule has 8 N–H and O–H groups in total. The minimum atomic E-state index is -1.36. The fourth-order valence-electron chi connectivity index (χ4n) is 6.60. The first-order valence-electron chi connectivity index (χ1n) is 19.2. The molecular formula is C40H59N7O11. The van der Waals surface area contributed by atoms with E-state index in [9.17, 15) is 48.3 Å². The number of esters is 1. The van der Waals surface area contributed by atoms with Gasteiger partial charge in [0.05, 0.1) is 5.92 Å². The molecule has 1 aromatic carbocycles. The highest BCUT2D eigenvalue weighted by atomic mass is 16.5. The van der Waals surface area contributed by atoms with Gasteiger partial charge >= 0.3 is 18.0 Å². The van der Waals surface area contributed by atoms with Gasteiger partial charge in [-0.05, 0) is 68.6 Å². The predicted molar refractivity (Wildman–Crippen MR) is 212 cm³/mol. The summed E-state index contributed by atoms with van der Waals surface area (Å²) >= 11 is 0. The largest absolute Gasteiger partial charge is 0.481 e. The van der Waals surface area contributed by atoms with Crippen molar-refractivity contribution in [1.82, 2.24) is 26.2 Å². The molecule has 1 aromatic rings. The zero-order chi connectivity index (χ0) is 44.0. The average molecular weight is 814 g/mol. The molecule has 0 fully saturated rings. The smallest absolute Gasteiger partial charge is 0.312 e. The van der Waals surface area contributed by atoms with Crippen LogP contribution in [0.5, 0.6) is 0 Å². The van der Waals surface area contributed by atoms with Crippen molar-refractivity contribution < 1.29 is 53.0 Å². The van der Waals surface area contributed by atoms with Crippen molar-refractivity contribution in [2.45, 2.75) is 124 Å². The molecule has 0 bridgehead atoms. The Morgan fingerprint density at radius 1 is 0.810 bits per heavy atom. The van der Waals surface area contributed by atoms with E-state index in [0.717, 1.165) is 4.90 Å². The summed E-state index contributed by atoms with van der Waals surface area (Å²) in [4.78, 5) is 115. The molecule has 0 unspecified atom stereocenters. The van der Waals surface area contributed by atoms with Crippen LogP contribution in [0.15, 0.2) is 36.4 Å². The topological polar surface area (TPSA) is 272 Å². The number of nitrogens with one attached hydrogen (secondary N) is 5. The van der Waals surface area contributed by atoms with Crippen LogP contribution in [0, 0.1) is 17.3 Å². The van der Waals surface area contributed by atoms with Gasteiger partial charge in [-0.1, -0.05) is 53.7 Å². The Balaban J connectivity index is 2.20. The van der Waals surface area contributed by atoms with Crippen LogP contribution in [0.25, 0.3) is 0 Å². The summed E-state index contributed by atoms with van der Waals surface area (Å²) in [6, 6.07) is 2.02. The van der Waals surface area contributed by atoms with Crippen molar-refractivity contribution in [3.8, 4) is 0 Å². The van der Waals surface area contributed by atoms with Crippen molar-refractivity contribution in [3.63, 3.8) is 0 Å². The zero-order valence-electron chi connectivity index (χ0n) is 34.6. The van der Waals surface area contributed by atoms with E-state index in [0.29, 0.717) is 11.3 Å². The minimum absolute atomic E-state index is 0.0412. The molecule has 18 heteroatoms. The molecular weight excluding hydrogens is 754 g/mol. The number of carboxylic acid groups (broad SMARTS) is 1. The lowest BCUT2D eigenvalue weighted by Crippen LogP contribution is -2.58. The van der Waals surface area contributed by atoms with Gasteiger partial charge in [-0.2, -0.15) is 0 Å². The molecule has 58 heavy (non-hydrogen) atoms. The highest BCUT2D eigenvalue weighted by molar-refractivity contribution is 6.13. The number of carbonyl (C=O) groups excluding carboxylic acids is 8. The molecule has 2 rings (SSSR count). The Kier molecular flexibility index (Phi) is 18.0. The molecule has 3 atom stereocenters. The molecule has 0 saturated heterocycles. The van der Waals surface area contributed by atoms with Gasteiger partial charge in [0, 0.05) is 42.8 Å². The third-order valence-corrected chi connectivity index (χ3v) is 9.19. The highest BCUT2D eigenvalue weighted by Gasteiger charge is 2.42. The van der Waals surface area contributed by atoms with Crippen LogP contribution in [0.4, 0.5) is 10.5 Å². The fourth-order valence-corrected chi connectivity index (χ4v) is 6.60. The molecule has 0 aromatic heterocycles. The number of nitrogens with two attached hydrogens (primary N) is 1. The number of carboxylic acids is 1. The second kappa shape index (κ2) is 21.6. The van der Waals surface area contributed by atoms with Crippen molar-refractivity contribution in [2.75, 3.05) is 11.9 Å². The number of hydrogen-bond donors (Lipinski definition) is 7. The second-order valence-corrected chi connectivity index (χ2v) is 16.4. The number of aliphatic carboxylic acids is 1. The third-order valence-electron chi connectivity index (χ3n) is 9.19. The lowest BCUT2D eigenvalue weighted by atomic mass is 9.76. The second-order valence-electron chi connectivity index (χ2n) is 16.4. The summed E-state index contributed by atoms with van der Waals surface area (Å²) in [6.45, 7) is 13.8. The minimum Gasteiger partial charge on any atom is -0.481 e. The molecule has 18 nitrogen and oxygen atoms in total. The van der Waals surface area contributed by atoms with Crippen LogP contribution in [0.3, 0.4) is 0 Å². The number of ether oxygens (including phenoxy) is 1. The number of benzene rings is 1. The van der Waals surface area contributed by atoms with Crippen molar-refractivity contribution >= 4 is 59.1 Å². The average Bonchev–Trinajstić information content (AvgIpc) is 3.46. The molecule has 0 radical (unpaired) electrons. The first kappa shape index (κ1) is 48.3. The van der Waals surface area contributed by atoms with E-state index in [4.69, 9.17) is 10.5 Å². The monoisotopic (exact) mass is 813 g/mol. The van der Waals surface area contributed by atoms with Gasteiger partial charge in [0.2, 0.25) is 23.6 Å². The normalized spacial score (nSPS) is 14.4. The molecule has 0 aliphatic carbocycles. The van der Waals surface area contributed by atoms with E-state index < -0.39 is 88.9 Å². The number of rotatable bonds is 23. The van der Waals surface area contributed by atoms with Gasteiger partial charge in [0.1, 0.15) is 24.7 Å². The first-order valence-corrected chi connectivity index (χ1v) is 19.2.